The number of fused-ring (bicyclic) bond motifs is 1. The Morgan fingerprint density at radius 3 is 2.70 bits per heavy atom. The van der Waals surface area contributed by atoms with Crippen LogP contribution in [0.2, 0.25) is 0 Å². The lowest BCUT2D eigenvalue weighted by atomic mass is 9.90. The van der Waals surface area contributed by atoms with Gasteiger partial charge in [-0.05, 0) is 62.3 Å². The Morgan fingerprint density at radius 1 is 1.23 bits per heavy atom. The van der Waals surface area contributed by atoms with Crippen molar-refractivity contribution < 1.29 is 17.9 Å². The molecule has 2 heterocycles. The summed E-state index contributed by atoms with van der Waals surface area (Å²) in [5.74, 6) is 0.261. The molecule has 1 unspecified atom stereocenters. The average molecular weight is 434 g/mol. The molecule has 1 atom stereocenters. The molecule has 30 heavy (non-hydrogen) atoms. The summed E-state index contributed by atoms with van der Waals surface area (Å²) >= 11 is 0. The maximum Gasteiger partial charge on any atom is 0.269 e. The Labute approximate surface area is 176 Å². The van der Waals surface area contributed by atoms with Gasteiger partial charge in [0.15, 0.2) is 0 Å². The molecule has 1 N–H and O–H groups in total. The van der Waals surface area contributed by atoms with Gasteiger partial charge in [0.2, 0.25) is 10.0 Å². The highest BCUT2D eigenvalue weighted by molar-refractivity contribution is 7.89. The molecule has 0 saturated carbocycles. The summed E-state index contributed by atoms with van der Waals surface area (Å²) in [7, 11) is -0.737. The third kappa shape index (κ3) is 4.01. The van der Waals surface area contributed by atoms with Gasteiger partial charge in [0, 0.05) is 31.3 Å². The molecule has 162 valence electrons. The van der Waals surface area contributed by atoms with Crippen LogP contribution in [-0.4, -0.2) is 44.6 Å². The molecule has 1 aromatic heterocycles. The van der Waals surface area contributed by atoms with E-state index < -0.39 is 10.0 Å². The standard InChI is InChI=1S/C21H27N3O5S/c1-24-21(25)17-8-4-3-7-16(17)20(23-24)14-9-10-18(28-2)19(12-14)30(26,27)22-13-15-6-5-11-29-15/h9-10,12,15,22H,3-8,11,13H2,1-2H3. The molecule has 9 heteroatoms. The van der Waals surface area contributed by atoms with Gasteiger partial charge >= 0.3 is 0 Å². The molecule has 0 bridgehead atoms. The Bertz CT molecular complexity index is 1100. The molecular weight excluding hydrogens is 406 g/mol. The molecule has 1 aliphatic carbocycles. The highest BCUT2D eigenvalue weighted by Crippen LogP contribution is 2.33. The van der Waals surface area contributed by atoms with Crippen molar-refractivity contribution in [1.29, 1.82) is 0 Å². The second-order valence-electron chi connectivity index (χ2n) is 7.79. The number of nitrogens with zero attached hydrogens (tertiary/aromatic N) is 2. The van der Waals surface area contributed by atoms with Crippen molar-refractivity contribution in [3.05, 3.63) is 39.7 Å². The van der Waals surface area contributed by atoms with Crippen LogP contribution in [0.4, 0.5) is 0 Å². The lowest BCUT2D eigenvalue weighted by Gasteiger charge is -2.20. The number of aryl methyl sites for hydroxylation is 1. The van der Waals surface area contributed by atoms with Crippen LogP contribution in [0.15, 0.2) is 27.9 Å². The van der Waals surface area contributed by atoms with E-state index in [9.17, 15) is 13.2 Å². The first-order valence-electron chi connectivity index (χ1n) is 10.3. The number of rotatable bonds is 6. The molecule has 2 aliphatic rings. The first-order chi connectivity index (χ1) is 14.4. The number of nitrogens with one attached hydrogen (secondary N) is 1. The van der Waals surface area contributed by atoms with Crippen molar-refractivity contribution in [2.24, 2.45) is 7.05 Å². The van der Waals surface area contributed by atoms with Crippen molar-refractivity contribution in [3.63, 3.8) is 0 Å². The fraction of sp³-hybridized carbons (Fsp3) is 0.524. The van der Waals surface area contributed by atoms with Gasteiger partial charge in [-0.15, -0.1) is 0 Å². The van der Waals surface area contributed by atoms with Crippen LogP contribution in [0.5, 0.6) is 5.75 Å². The largest absolute Gasteiger partial charge is 0.495 e. The molecule has 1 aliphatic heterocycles. The van der Waals surface area contributed by atoms with Crippen molar-refractivity contribution in [2.45, 2.75) is 49.5 Å². The zero-order valence-electron chi connectivity index (χ0n) is 17.3. The molecule has 1 aromatic carbocycles. The maximum absolute atomic E-state index is 13.0. The molecule has 2 aromatic rings. The van der Waals surface area contributed by atoms with E-state index in [2.05, 4.69) is 9.82 Å². The van der Waals surface area contributed by atoms with E-state index in [0.717, 1.165) is 49.7 Å². The number of ether oxygens (including phenoxy) is 2. The number of methoxy groups -OCH3 is 1. The lowest BCUT2D eigenvalue weighted by molar-refractivity contribution is 0.114. The average Bonchev–Trinajstić information content (AvgIpc) is 3.28. The Morgan fingerprint density at radius 2 is 2.00 bits per heavy atom. The van der Waals surface area contributed by atoms with Crippen LogP contribution < -0.4 is 15.0 Å². The minimum Gasteiger partial charge on any atom is -0.495 e. The van der Waals surface area contributed by atoms with Crippen LogP contribution in [0.3, 0.4) is 0 Å². The summed E-state index contributed by atoms with van der Waals surface area (Å²) in [6, 6.07) is 5.01. The van der Waals surface area contributed by atoms with E-state index in [1.54, 1.807) is 25.2 Å². The van der Waals surface area contributed by atoms with E-state index in [-0.39, 0.29) is 28.9 Å². The highest BCUT2D eigenvalue weighted by Gasteiger charge is 2.26. The van der Waals surface area contributed by atoms with Crippen molar-refractivity contribution >= 4 is 10.0 Å². The van der Waals surface area contributed by atoms with Gasteiger partial charge < -0.3 is 9.47 Å². The van der Waals surface area contributed by atoms with Gasteiger partial charge in [0.05, 0.1) is 18.9 Å². The van der Waals surface area contributed by atoms with Crippen molar-refractivity contribution in [1.82, 2.24) is 14.5 Å². The Balaban J connectivity index is 1.75. The molecule has 0 spiro atoms. The second-order valence-corrected chi connectivity index (χ2v) is 9.53. The van der Waals surface area contributed by atoms with Gasteiger partial charge in [0.1, 0.15) is 10.6 Å². The third-order valence-corrected chi connectivity index (χ3v) is 7.25. The molecule has 1 saturated heterocycles. The quantitative estimate of drug-likeness (QED) is 0.746. The number of aromatic nitrogens is 2. The van der Waals surface area contributed by atoms with Crippen LogP contribution in [0, 0.1) is 0 Å². The number of sulfonamides is 1. The number of hydrogen-bond donors (Lipinski definition) is 1. The van der Waals surface area contributed by atoms with E-state index >= 15 is 0 Å². The first-order valence-corrected chi connectivity index (χ1v) is 11.8. The van der Waals surface area contributed by atoms with Crippen LogP contribution >= 0.6 is 0 Å². The predicted octanol–water partition coefficient (Wildman–Crippen LogP) is 1.79. The summed E-state index contributed by atoms with van der Waals surface area (Å²) in [6.45, 7) is 0.887. The van der Waals surface area contributed by atoms with Gasteiger partial charge in [-0.1, -0.05) is 0 Å². The number of benzene rings is 1. The summed E-state index contributed by atoms with van der Waals surface area (Å²) in [4.78, 5) is 12.6. The smallest absolute Gasteiger partial charge is 0.269 e. The maximum atomic E-state index is 13.0. The van der Waals surface area contributed by atoms with E-state index in [0.29, 0.717) is 17.9 Å². The minimum absolute atomic E-state index is 0.0562. The van der Waals surface area contributed by atoms with Gasteiger partial charge in [-0.25, -0.2) is 17.8 Å². The zero-order valence-corrected chi connectivity index (χ0v) is 18.1. The minimum atomic E-state index is -3.81. The predicted molar refractivity (Wildman–Crippen MR) is 112 cm³/mol. The monoisotopic (exact) mass is 433 g/mol. The van der Waals surface area contributed by atoms with E-state index in [1.807, 2.05) is 0 Å². The van der Waals surface area contributed by atoms with Crippen molar-refractivity contribution in [3.8, 4) is 17.0 Å². The fourth-order valence-electron chi connectivity index (χ4n) is 4.21. The second kappa shape index (κ2) is 8.49. The topological polar surface area (TPSA) is 99.5 Å². The van der Waals surface area contributed by atoms with Gasteiger partial charge in [-0.2, -0.15) is 5.10 Å². The van der Waals surface area contributed by atoms with Crippen molar-refractivity contribution in [2.75, 3.05) is 20.3 Å². The van der Waals surface area contributed by atoms with Gasteiger partial charge in [-0.3, -0.25) is 4.79 Å². The molecule has 4 rings (SSSR count). The fourth-order valence-corrected chi connectivity index (χ4v) is 5.46. The van der Waals surface area contributed by atoms with E-state index in [4.69, 9.17) is 9.47 Å². The SMILES string of the molecule is COc1ccc(-c2nn(C)c(=O)c3c2CCCC3)cc1S(=O)(=O)NCC1CCCO1. The Hall–Kier alpha value is -2.23. The summed E-state index contributed by atoms with van der Waals surface area (Å²) in [6.07, 6.45) is 5.12. The number of hydrogen-bond acceptors (Lipinski definition) is 6. The highest BCUT2D eigenvalue weighted by atomic mass is 32.2. The summed E-state index contributed by atoms with van der Waals surface area (Å²) in [5.41, 5.74) is 2.94. The van der Waals surface area contributed by atoms with Crippen LogP contribution in [0.1, 0.15) is 36.8 Å². The summed E-state index contributed by atoms with van der Waals surface area (Å²) < 4.78 is 40.9. The zero-order chi connectivity index (χ0) is 21.3. The molecular formula is C21H27N3O5S. The third-order valence-electron chi connectivity index (χ3n) is 5.81. The van der Waals surface area contributed by atoms with E-state index in [1.165, 1.54) is 11.8 Å². The molecule has 0 amide bonds. The Kier molecular flexibility index (Phi) is 5.95. The van der Waals surface area contributed by atoms with Crippen LogP contribution in [-0.2, 0) is 34.6 Å². The normalized spacial score (nSPS) is 18.9. The lowest BCUT2D eigenvalue weighted by Crippen LogP contribution is -2.32. The van der Waals surface area contributed by atoms with Crippen LogP contribution in [0.25, 0.3) is 11.3 Å². The van der Waals surface area contributed by atoms with Gasteiger partial charge in [0.25, 0.3) is 5.56 Å². The first kappa shape index (κ1) is 21.0. The molecule has 0 radical (unpaired) electrons. The summed E-state index contributed by atoms with van der Waals surface area (Å²) in [5, 5.41) is 4.47. The molecule has 8 nitrogen and oxygen atoms in total. The molecule has 1 fully saturated rings.